The molecular weight excluding hydrogens is 548 g/mol. The molecule has 3 aromatic heterocycles. The minimum atomic E-state index is -0.601. The van der Waals surface area contributed by atoms with Gasteiger partial charge in [-0.15, -0.1) is 0 Å². The summed E-state index contributed by atoms with van der Waals surface area (Å²) in [5, 5.41) is 18.5. The van der Waals surface area contributed by atoms with Crippen LogP contribution in [0.4, 0.5) is 0 Å². The lowest BCUT2D eigenvalue weighted by Gasteiger charge is -2.37. The fourth-order valence-corrected chi connectivity index (χ4v) is 6.93. The molecule has 2 aliphatic rings. The van der Waals surface area contributed by atoms with Crippen molar-refractivity contribution in [2.75, 3.05) is 6.61 Å². The molecule has 222 valence electrons. The molecule has 11 nitrogen and oxygen atoms in total. The molecule has 4 heterocycles. The summed E-state index contributed by atoms with van der Waals surface area (Å²) in [4.78, 5) is 33.0. The van der Waals surface area contributed by atoms with E-state index < -0.39 is 11.9 Å². The lowest BCUT2D eigenvalue weighted by Crippen LogP contribution is -2.39. The van der Waals surface area contributed by atoms with Crippen molar-refractivity contribution in [2.24, 2.45) is 0 Å². The first-order chi connectivity index (χ1) is 20.9. The van der Waals surface area contributed by atoms with Crippen LogP contribution >= 0.6 is 0 Å². The molecule has 7 rings (SSSR count). The Kier molecular flexibility index (Phi) is 7.06. The van der Waals surface area contributed by atoms with Crippen molar-refractivity contribution < 1.29 is 14.4 Å². The molecule has 0 radical (unpaired) electrons. The number of aliphatic hydroxyl groups is 1. The maximum absolute atomic E-state index is 14.3. The van der Waals surface area contributed by atoms with Gasteiger partial charge in [-0.25, -0.2) is 9.31 Å². The first kappa shape index (κ1) is 27.5. The molecule has 1 unspecified atom stereocenters. The lowest BCUT2D eigenvalue weighted by atomic mass is 9.80. The summed E-state index contributed by atoms with van der Waals surface area (Å²) in [5.41, 5.74) is 4.97. The number of rotatable bonds is 7. The zero-order valence-corrected chi connectivity index (χ0v) is 24.0. The second-order valence-corrected chi connectivity index (χ2v) is 11.8. The van der Waals surface area contributed by atoms with E-state index in [-0.39, 0.29) is 17.2 Å². The normalized spacial score (nSPS) is 22.1. The van der Waals surface area contributed by atoms with Crippen LogP contribution in [0.1, 0.15) is 68.3 Å². The van der Waals surface area contributed by atoms with E-state index in [1.807, 2.05) is 57.6 Å². The standard InChI is InChI=1S/C32H34N6O5/c1-2-5-27-26(16-20-8-10-21(11-9-20)24-6-3-4-7-25(24)28-35-31(41)43-36-28)29(40)37(30-33-19-34-38(27)30)22-12-14-32(15-13-22)17-23(39)18-42-32/h3-4,6-11,19,22-23,39H,2,5,12-18H2,1H3,(H,35,36,41)/t22-,23?,32+. The van der Waals surface area contributed by atoms with Crippen LogP contribution in [0, 0.1) is 0 Å². The number of nitrogens with zero attached hydrogens (tertiary/aromatic N) is 5. The van der Waals surface area contributed by atoms with Gasteiger partial charge in [-0.05, 0) is 48.8 Å². The first-order valence-corrected chi connectivity index (χ1v) is 15.0. The molecule has 43 heavy (non-hydrogen) atoms. The molecule has 1 atom stereocenters. The largest absolute Gasteiger partial charge is 0.439 e. The number of aliphatic hydroxyl groups excluding tert-OH is 1. The summed E-state index contributed by atoms with van der Waals surface area (Å²) in [6.07, 6.45) is 7.01. The number of H-pyrrole nitrogens is 1. The molecule has 1 saturated carbocycles. The minimum Gasteiger partial charge on any atom is -0.391 e. The van der Waals surface area contributed by atoms with Gasteiger partial charge in [-0.3, -0.25) is 18.9 Å². The third-order valence-corrected chi connectivity index (χ3v) is 9.00. The van der Waals surface area contributed by atoms with Crippen molar-refractivity contribution >= 4 is 5.78 Å². The second-order valence-electron chi connectivity index (χ2n) is 11.8. The Morgan fingerprint density at radius 1 is 1.07 bits per heavy atom. The van der Waals surface area contributed by atoms with Gasteiger partial charge in [-0.1, -0.05) is 67.0 Å². The van der Waals surface area contributed by atoms with Gasteiger partial charge in [0.2, 0.25) is 5.78 Å². The smallest absolute Gasteiger partial charge is 0.391 e. The van der Waals surface area contributed by atoms with Gasteiger partial charge in [0.1, 0.15) is 6.33 Å². The van der Waals surface area contributed by atoms with Gasteiger partial charge < -0.3 is 9.84 Å². The Bertz CT molecular complexity index is 1880. The van der Waals surface area contributed by atoms with E-state index in [9.17, 15) is 14.7 Å². The molecule has 5 aromatic rings. The van der Waals surface area contributed by atoms with E-state index in [4.69, 9.17) is 9.26 Å². The Labute approximate surface area is 247 Å². The topological polar surface area (TPSA) is 141 Å². The average Bonchev–Trinajstić information content (AvgIpc) is 3.77. The number of aromatic amines is 1. The maximum Gasteiger partial charge on any atom is 0.439 e. The number of fused-ring (bicyclic) bond motifs is 1. The molecule has 2 N–H and O–H groups in total. The van der Waals surface area contributed by atoms with Crippen LogP contribution in [-0.4, -0.2) is 52.7 Å². The highest BCUT2D eigenvalue weighted by atomic mass is 16.5. The fourth-order valence-electron chi connectivity index (χ4n) is 6.93. The van der Waals surface area contributed by atoms with Crippen molar-refractivity contribution in [2.45, 2.75) is 76.0 Å². The Morgan fingerprint density at radius 2 is 1.84 bits per heavy atom. The molecule has 1 aliphatic carbocycles. The maximum atomic E-state index is 14.3. The van der Waals surface area contributed by atoms with Gasteiger partial charge in [0.05, 0.1) is 24.0 Å². The van der Waals surface area contributed by atoms with E-state index in [2.05, 4.69) is 27.1 Å². The molecule has 2 fully saturated rings. The number of aromatic nitrogens is 6. The lowest BCUT2D eigenvalue weighted by molar-refractivity contribution is -0.0345. The summed E-state index contributed by atoms with van der Waals surface area (Å²) in [6.45, 7) is 2.49. The average molecular weight is 583 g/mol. The van der Waals surface area contributed by atoms with Crippen LogP contribution in [0.15, 0.2) is 69.0 Å². The van der Waals surface area contributed by atoms with Gasteiger partial charge in [0, 0.05) is 30.0 Å². The molecule has 1 saturated heterocycles. The van der Waals surface area contributed by atoms with Crippen LogP contribution in [0.3, 0.4) is 0 Å². The van der Waals surface area contributed by atoms with Gasteiger partial charge >= 0.3 is 5.76 Å². The van der Waals surface area contributed by atoms with Gasteiger partial charge in [0.25, 0.3) is 5.56 Å². The van der Waals surface area contributed by atoms with Crippen molar-refractivity contribution in [3.8, 4) is 22.5 Å². The van der Waals surface area contributed by atoms with Crippen LogP contribution in [0.2, 0.25) is 0 Å². The van der Waals surface area contributed by atoms with Crippen LogP contribution in [-0.2, 0) is 17.6 Å². The summed E-state index contributed by atoms with van der Waals surface area (Å²) < 4.78 is 14.4. The van der Waals surface area contributed by atoms with E-state index in [0.717, 1.165) is 65.6 Å². The highest BCUT2D eigenvalue weighted by molar-refractivity contribution is 5.80. The van der Waals surface area contributed by atoms with Crippen molar-refractivity contribution in [3.05, 3.63) is 92.6 Å². The summed E-state index contributed by atoms with van der Waals surface area (Å²) >= 11 is 0. The molecule has 0 bridgehead atoms. The molecule has 1 spiro atoms. The molecule has 11 heteroatoms. The quantitative estimate of drug-likeness (QED) is 0.293. The molecule has 1 aliphatic heterocycles. The van der Waals surface area contributed by atoms with Gasteiger partial charge in [-0.2, -0.15) is 10.1 Å². The van der Waals surface area contributed by atoms with Crippen molar-refractivity contribution in [1.29, 1.82) is 0 Å². The van der Waals surface area contributed by atoms with Crippen LogP contribution < -0.4 is 11.3 Å². The van der Waals surface area contributed by atoms with E-state index in [1.54, 1.807) is 0 Å². The van der Waals surface area contributed by atoms with Crippen LogP contribution in [0.25, 0.3) is 28.3 Å². The molecule has 0 amide bonds. The summed E-state index contributed by atoms with van der Waals surface area (Å²) in [7, 11) is 0. The number of nitrogens with one attached hydrogen (secondary N) is 1. The highest BCUT2D eigenvalue weighted by Crippen LogP contribution is 2.43. The number of ether oxygens (including phenoxy) is 1. The highest BCUT2D eigenvalue weighted by Gasteiger charge is 2.43. The predicted molar refractivity (Wildman–Crippen MR) is 159 cm³/mol. The van der Waals surface area contributed by atoms with E-state index >= 15 is 0 Å². The number of hydrogen-bond acceptors (Lipinski definition) is 8. The Morgan fingerprint density at radius 3 is 2.51 bits per heavy atom. The molecular formula is C32H34N6O5. The SMILES string of the molecule is CCCc1c(Cc2ccc(-c3ccccc3-c3noc(=O)[nH]3)cc2)c(=O)n([C@H]2CC[C@@]3(CC2)CC(O)CO3)c2ncnn12. The number of aryl methyl sites for hydroxylation is 1. The summed E-state index contributed by atoms with van der Waals surface area (Å²) in [6, 6.07) is 15.8. The first-order valence-electron chi connectivity index (χ1n) is 15.0. The zero-order valence-electron chi connectivity index (χ0n) is 24.0. The number of hydrogen-bond donors (Lipinski definition) is 2. The van der Waals surface area contributed by atoms with Gasteiger partial charge in [0.15, 0.2) is 5.82 Å². The van der Waals surface area contributed by atoms with E-state index in [1.165, 1.54) is 6.33 Å². The fraction of sp³-hybridized carbons (Fsp3) is 0.406. The summed E-state index contributed by atoms with van der Waals surface area (Å²) in [5.74, 6) is 0.361. The van der Waals surface area contributed by atoms with Crippen LogP contribution in [0.5, 0.6) is 0 Å². The Balaban J connectivity index is 1.22. The molecule has 2 aromatic carbocycles. The monoisotopic (exact) mass is 582 g/mol. The number of benzene rings is 2. The third kappa shape index (κ3) is 5.02. The third-order valence-electron chi connectivity index (χ3n) is 9.00. The van der Waals surface area contributed by atoms with Crippen molar-refractivity contribution in [3.63, 3.8) is 0 Å². The van der Waals surface area contributed by atoms with E-state index in [0.29, 0.717) is 37.5 Å². The Hall–Kier alpha value is -4.35. The zero-order chi connectivity index (χ0) is 29.6. The second kappa shape index (κ2) is 11.1. The van der Waals surface area contributed by atoms with Crippen molar-refractivity contribution in [1.82, 2.24) is 29.3 Å². The minimum absolute atomic E-state index is 0.0116. The predicted octanol–water partition coefficient (Wildman–Crippen LogP) is 4.08.